The van der Waals surface area contributed by atoms with Crippen molar-refractivity contribution in [1.82, 2.24) is 20.1 Å². The highest BCUT2D eigenvalue weighted by Gasteiger charge is 2.27. The average Bonchev–Trinajstić information content (AvgIpc) is 3.39. The summed E-state index contributed by atoms with van der Waals surface area (Å²) in [6.45, 7) is 5.10. The topological polar surface area (TPSA) is 77.4 Å². The van der Waals surface area contributed by atoms with Gasteiger partial charge in [-0.25, -0.2) is 0 Å². The van der Waals surface area contributed by atoms with Gasteiger partial charge in [0, 0.05) is 6.42 Å². The van der Waals surface area contributed by atoms with Gasteiger partial charge in [0.15, 0.2) is 11.0 Å². The molecular weight excluding hydrogens is 398 g/mol. The van der Waals surface area contributed by atoms with Gasteiger partial charge in [-0.3, -0.25) is 9.36 Å². The SMILES string of the molecule is CC[C@@H](c1nnc(S[C@@H](C)C(=O)NCc2ccco2)n1Cc1ccccc1)[NH+](C)C. The Balaban J connectivity index is 1.78. The number of carbonyl (C=O) groups is 1. The van der Waals surface area contributed by atoms with E-state index in [1.54, 1.807) is 6.26 Å². The Bertz CT molecular complexity index is 924. The lowest BCUT2D eigenvalue weighted by Gasteiger charge is -2.21. The summed E-state index contributed by atoms with van der Waals surface area (Å²) in [7, 11) is 4.26. The minimum absolute atomic E-state index is 0.0579. The summed E-state index contributed by atoms with van der Waals surface area (Å²) in [4.78, 5) is 13.9. The molecule has 2 atom stereocenters. The van der Waals surface area contributed by atoms with Gasteiger partial charge in [-0.1, -0.05) is 49.0 Å². The number of nitrogens with zero attached hydrogens (tertiary/aromatic N) is 3. The molecule has 7 nitrogen and oxygen atoms in total. The van der Waals surface area contributed by atoms with Crippen LogP contribution in [-0.2, 0) is 17.9 Å². The number of furan rings is 1. The minimum atomic E-state index is -0.307. The Labute approximate surface area is 181 Å². The smallest absolute Gasteiger partial charge is 0.233 e. The zero-order chi connectivity index (χ0) is 21.5. The quantitative estimate of drug-likeness (QED) is 0.485. The van der Waals surface area contributed by atoms with Crippen molar-refractivity contribution in [2.24, 2.45) is 0 Å². The first-order valence-corrected chi connectivity index (χ1v) is 11.1. The Kier molecular flexibility index (Phi) is 7.70. The third kappa shape index (κ3) is 5.52. The normalized spacial score (nSPS) is 13.4. The predicted octanol–water partition coefficient (Wildman–Crippen LogP) is 2.31. The van der Waals surface area contributed by atoms with Crippen LogP contribution in [0, 0.1) is 0 Å². The lowest BCUT2D eigenvalue weighted by Crippen LogP contribution is -3.06. The van der Waals surface area contributed by atoms with Crippen LogP contribution in [0.25, 0.3) is 0 Å². The van der Waals surface area contributed by atoms with E-state index in [4.69, 9.17) is 4.42 Å². The highest BCUT2D eigenvalue weighted by Crippen LogP contribution is 2.26. The van der Waals surface area contributed by atoms with Crippen molar-refractivity contribution in [3.63, 3.8) is 0 Å². The van der Waals surface area contributed by atoms with Crippen molar-refractivity contribution < 1.29 is 14.1 Å². The molecule has 0 unspecified atom stereocenters. The standard InChI is InChI=1S/C22H29N5O2S/c1-5-19(26(3)4)20-24-25-22(27(20)15-17-10-7-6-8-11-17)30-16(2)21(28)23-14-18-12-9-13-29-18/h6-13,16,19H,5,14-15H2,1-4H3,(H,23,28)/p+1/t16-,19-/m0/s1. The second kappa shape index (κ2) is 10.4. The number of benzene rings is 1. The molecule has 8 heteroatoms. The number of thioether (sulfide) groups is 1. The molecule has 2 heterocycles. The van der Waals surface area contributed by atoms with Crippen molar-refractivity contribution in [1.29, 1.82) is 0 Å². The second-order valence-corrected chi connectivity index (χ2v) is 8.82. The van der Waals surface area contributed by atoms with Crippen LogP contribution >= 0.6 is 11.8 Å². The van der Waals surface area contributed by atoms with Crippen molar-refractivity contribution in [3.05, 3.63) is 65.9 Å². The maximum absolute atomic E-state index is 12.6. The largest absolute Gasteiger partial charge is 0.467 e. The second-order valence-electron chi connectivity index (χ2n) is 7.51. The summed E-state index contributed by atoms with van der Waals surface area (Å²) in [6, 6.07) is 14.2. The zero-order valence-corrected chi connectivity index (χ0v) is 18.8. The van der Waals surface area contributed by atoms with Gasteiger partial charge < -0.3 is 14.6 Å². The number of carbonyl (C=O) groups excluding carboxylic acids is 1. The van der Waals surface area contributed by atoms with Crippen LogP contribution in [0.2, 0.25) is 0 Å². The van der Waals surface area contributed by atoms with E-state index >= 15 is 0 Å². The molecule has 0 fully saturated rings. The Morgan fingerprint density at radius 2 is 1.97 bits per heavy atom. The lowest BCUT2D eigenvalue weighted by atomic mass is 10.2. The van der Waals surface area contributed by atoms with Crippen LogP contribution in [0.5, 0.6) is 0 Å². The molecule has 2 N–H and O–H groups in total. The lowest BCUT2D eigenvalue weighted by molar-refractivity contribution is -0.893. The number of rotatable bonds is 10. The molecule has 160 valence electrons. The summed E-state index contributed by atoms with van der Waals surface area (Å²) >= 11 is 1.43. The molecule has 2 aromatic heterocycles. The molecule has 1 aromatic carbocycles. The first kappa shape index (κ1) is 22.1. The van der Waals surface area contributed by atoms with Crippen LogP contribution in [0.4, 0.5) is 0 Å². The summed E-state index contributed by atoms with van der Waals surface area (Å²) < 4.78 is 7.43. The van der Waals surface area contributed by atoms with Crippen LogP contribution in [0.3, 0.4) is 0 Å². The molecule has 0 spiro atoms. The number of aromatic nitrogens is 3. The van der Waals surface area contributed by atoms with Crippen LogP contribution < -0.4 is 10.2 Å². The number of quaternary nitrogens is 1. The van der Waals surface area contributed by atoms with Crippen molar-refractivity contribution in [3.8, 4) is 0 Å². The third-order valence-electron chi connectivity index (χ3n) is 5.01. The zero-order valence-electron chi connectivity index (χ0n) is 18.0. The van der Waals surface area contributed by atoms with Crippen molar-refractivity contribution in [2.75, 3.05) is 14.1 Å². The summed E-state index contributed by atoms with van der Waals surface area (Å²) in [5.74, 6) is 1.62. The van der Waals surface area contributed by atoms with Gasteiger partial charge in [0.2, 0.25) is 5.91 Å². The molecule has 0 saturated heterocycles. The molecule has 0 aliphatic rings. The summed E-state index contributed by atoms with van der Waals surface area (Å²) in [5.41, 5.74) is 1.18. The molecular formula is C22H30N5O2S+. The van der Waals surface area contributed by atoms with Crippen molar-refractivity contribution >= 4 is 17.7 Å². The molecule has 0 bridgehead atoms. The van der Waals surface area contributed by atoms with Gasteiger partial charge in [0.1, 0.15) is 11.8 Å². The van der Waals surface area contributed by atoms with Crippen LogP contribution in [-0.4, -0.2) is 40.0 Å². The molecule has 3 rings (SSSR count). The molecule has 0 saturated carbocycles. The van der Waals surface area contributed by atoms with E-state index in [0.717, 1.165) is 23.2 Å². The van der Waals surface area contributed by atoms with E-state index in [0.29, 0.717) is 13.1 Å². The van der Waals surface area contributed by atoms with Gasteiger partial charge in [0.05, 0.1) is 38.7 Å². The predicted molar refractivity (Wildman–Crippen MR) is 117 cm³/mol. The number of hydrogen-bond donors (Lipinski definition) is 2. The fourth-order valence-corrected chi connectivity index (χ4v) is 4.23. The van der Waals surface area contributed by atoms with Gasteiger partial charge in [-0.2, -0.15) is 0 Å². The molecule has 1 amide bonds. The molecule has 0 aliphatic carbocycles. The van der Waals surface area contributed by atoms with Gasteiger partial charge in [0.25, 0.3) is 0 Å². The van der Waals surface area contributed by atoms with Gasteiger partial charge in [-0.15, -0.1) is 10.2 Å². The Hall–Kier alpha value is -2.58. The molecule has 30 heavy (non-hydrogen) atoms. The van der Waals surface area contributed by atoms with Crippen LogP contribution in [0.1, 0.15) is 43.5 Å². The Morgan fingerprint density at radius 1 is 1.20 bits per heavy atom. The number of hydrogen-bond acceptors (Lipinski definition) is 5. The number of nitrogens with one attached hydrogen (secondary N) is 2. The molecule has 3 aromatic rings. The van der Waals surface area contributed by atoms with Gasteiger partial charge >= 0.3 is 0 Å². The first-order valence-electron chi connectivity index (χ1n) is 10.2. The highest BCUT2D eigenvalue weighted by atomic mass is 32.2. The number of amides is 1. The maximum Gasteiger partial charge on any atom is 0.233 e. The van der Waals surface area contributed by atoms with E-state index in [1.165, 1.54) is 22.2 Å². The van der Waals surface area contributed by atoms with E-state index in [-0.39, 0.29) is 17.2 Å². The Morgan fingerprint density at radius 3 is 2.60 bits per heavy atom. The molecule has 0 radical (unpaired) electrons. The fraction of sp³-hybridized carbons (Fsp3) is 0.409. The van der Waals surface area contributed by atoms with Crippen molar-refractivity contribution in [2.45, 2.75) is 49.8 Å². The van der Waals surface area contributed by atoms with E-state index in [2.05, 4.69) is 53.2 Å². The van der Waals surface area contributed by atoms with E-state index < -0.39 is 0 Å². The van der Waals surface area contributed by atoms with E-state index in [1.807, 2.05) is 37.3 Å². The average molecular weight is 429 g/mol. The van der Waals surface area contributed by atoms with Crippen LogP contribution in [0.15, 0.2) is 58.3 Å². The maximum atomic E-state index is 12.6. The highest BCUT2D eigenvalue weighted by molar-refractivity contribution is 8.00. The van der Waals surface area contributed by atoms with E-state index in [9.17, 15) is 4.79 Å². The first-order chi connectivity index (χ1) is 14.5. The monoisotopic (exact) mass is 428 g/mol. The minimum Gasteiger partial charge on any atom is -0.467 e. The third-order valence-corrected chi connectivity index (χ3v) is 6.09. The summed E-state index contributed by atoms with van der Waals surface area (Å²) in [6.07, 6.45) is 2.56. The molecule has 0 aliphatic heterocycles. The fourth-order valence-electron chi connectivity index (χ4n) is 3.35. The van der Waals surface area contributed by atoms with Gasteiger partial charge in [-0.05, 0) is 24.6 Å². The summed E-state index contributed by atoms with van der Waals surface area (Å²) in [5, 5.41) is 12.4.